The number of hydrogen-bond acceptors (Lipinski definition) is 3. The van der Waals surface area contributed by atoms with Gasteiger partial charge in [-0.1, -0.05) is 12.2 Å². The molecule has 1 aromatic rings. The van der Waals surface area contributed by atoms with Gasteiger partial charge in [0.1, 0.15) is 5.75 Å². The van der Waals surface area contributed by atoms with Crippen LogP contribution in [0, 0.1) is 5.92 Å². The second kappa shape index (κ2) is 7.63. The van der Waals surface area contributed by atoms with Crippen molar-refractivity contribution < 1.29 is 14.3 Å². The number of anilines is 1. The Bertz CT molecular complexity index is 585. The van der Waals surface area contributed by atoms with E-state index in [2.05, 4.69) is 13.2 Å². The molecule has 1 fully saturated rings. The molecule has 1 unspecified atom stereocenters. The maximum atomic E-state index is 12.6. The highest BCUT2D eigenvalue weighted by molar-refractivity contribution is 6.00. The fourth-order valence-electron chi connectivity index (χ4n) is 2.71. The first-order chi connectivity index (χ1) is 11.1. The molecule has 2 amide bonds. The van der Waals surface area contributed by atoms with Crippen molar-refractivity contribution in [1.29, 1.82) is 0 Å². The third kappa shape index (κ3) is 3.80. The van der Waals surface area contributed by atoms with E-state index in [0.717, 1.165) is 11.4 Å². The van der Waals surface area contributed by atoms with E-state index in [0.29, 0.717) is 19.6 Å². The normalized spacial score (nSPS) is 17.0. The minimum absolute atomic E-state index is 0.0332. The van der Waals surface area contributed by atoms with Crippen molar-refractivity contribution in [1.82, 2.24) is 4.90 Å². The molecule has 0 bridgehead atoms. The van der Waals surface area contributed by atoms with Gasteiger partial charge < -0.3 is 14.5 Å². The molecule has 0 aliphatic carbocycles. The van der Waals surface area contributed by atoms with Crippen molar-refractivity contribution in [3.63, 3.8) is 0 Å². The average Bonchev–Trinajstić information content (AvgIpc) is 2.96. The molecule has 1 aliphatic rings. The van der Waals surface area contributed by atoms with Gasteiger partial charge >= 0.3 is 0 Å². The van der Waals surface area contributed by atoms with Gasteiger partial charge in [-0.25, -0.2) is 0 Å². The molecule has 5 nitrogen and oxygen atoms in total. The topological polar surface area (TPSA) is 49.9 Å². The molecule has 5 heteroatoms. The van der Waals surface area contributed by atoms with Crippen LogP contribution in [-0.4, -0.2) is 43.5 Å². The lowest BCUT2D eigenvalue weighted by Crippen LogP contribution is -2.37. The van der Waals surface area contributed by atoms with E-state index in [1.54, 1.807) is 41.2 Å². The summed E-state index contributed by atoms with van der Waals surface area (Å²) in [4.78, 5) is 28.2. The van der Waals surface area contributed by atoms with Gasteiger partial charge in [0.2, 0.25) is 11.8 Å². The summed E-state index contributed by atoms with van der Waals surface area (Å²) >= 11 is 0. The zero-order valence-electron chi connectivity index (χ0n) is 13.4. The molecule has 0 saturated carbocycles. The lowest BCUT2D eigenvalue weighted by atomic mass is 10.1. The van der Waals surface area contributed by atoms with E-state index in [1.165, 1.54) is 0 Å². The highest BCUT2D eigenvalue weighted by Crippen LogP contribution is 2.27. The zero-order valence-corrected chi connectivity index (χ0v) is 13.4. The van der Waals surface area contributed by atoms with Crippen molar-refractivity contribution >= 4 is 17.5 Å². The summed E-state index contributed by atoms with van der Waals surface area (Å²) in [5.74, 6) is 0.334. The minimum atomic E-state index is -0.329. The molecule has 1 heterocycles. The lowest BCUT2D eigenvalue weighted by Gasteiger charge is -2.23. The van der Waals surface area contributed by atoms with E-state index in [-0.39, 0.29) is 24.2 Å². The quantitative estimate of drug-likeness (QED) is 0.725. The molecule has 2 rings (SSSR count). The first kappa shape index (κ1) is 16.8. The van der Waals surface area contributed by atoms with Crippen molar-refractivity contribution in [2.75, 3.05) is 31.6 Å². The fraction of sp³-hybridized carbons (Fsp3) is 0.333. The Balaban J connectivity index is 2.10. The van der Waals surface area contributed by atoms with E-state index in [4.69, 9.17) is 4.74 Å². The molecule has 122 valence electrons. The molecule has 1 aliphatic heterocycles. The van der Waals surface area contributed by atoms with Crippen LogP contribution in [0.1, 0.15) is 6.42 Å². The summed E-state index contributed by atoms with van der Waals surface area (Å²) in [6.45, 7) is 8.65. The Morgan fingerprint density at radius 2 is 1.91 bits per heavy atom. The number of methoxy groups -OCH3 is 1. The molecule has 1 atom stereocenters. The van der Waals surface area contributed by atoms with E-state index < -0.39 is 0 Å². The second-order valence-corrected chi connectivity index (χ2v) is 5.42. The molecular weight excluding hydrogens is 292 g/mol. The highest BCUT2D eigenvalue weighted by Gasteiger charge is 2.36. The summed E-state index contributed by atoms with van der Waals surface area (Å²) < 4.78 is 5.12. The average molecular weight is 314 g/mol. The van der Waals surface area contributed by atoms with Crippen molar-refractivity contribution in [3.05, 3.63) is 49.6 Å². The van der Waals surface area contributed by atoms with Gasteiger partial charge in [0.25, 0.3) is 0 Å². The standard InChI is InChI=1S/C18H22N2O3/c1-4-10-19(11-5-2)18(22)14-12-17(21)20(13-14)15-6-8-16(23-3)9-7-15/h4-9,14H,1-2,10-13H2,3H3. The zero-order chi connectivity index (χ0) is 16.8. The second-order valence-electron chi connectivity index (χ2n) is 5.42. The van der Waals surface area contributed by atoms with Crippen LogP contribution in [0.3, 0.4) is 0 Å². The van der Waals surface area contributed by atoms with Crippen molar-refractivity contribution in [2.45, 2.75) is 6.42 Å². The van der Waals surface area contributed by atoms with Crippen LogP contribution in [0.15, 0.2) is 49.6 Å². The fourth-order valence-corrected chi connectivity index (χ4v) is 2.71. The Morgan fingerprint density at radius 3 is 2.43 bits per heavy atom. The Morgan fingerprint density at radius 1 is 1.30 bits per heavy atom. The molecule has 0 spiro atoms. The van der Waals surface area contributed by atoms with E-state index >= 15 is 0 Å². The smallest absolute Gasteiger partial charge is 0.228 e. The monoisotopic (exact) mass is 314 g/mol. The summed E-state index contributed by atoms with van der Waals surface area (Å²) in [6, 6.07) is 7.27. The Hall–Kier alpha value is -2.56. The van der Waals surface area contributed by atoms with Gasteiger partial charge in [-0.3, -0.25) is 9.59 Å². The van der Waals surface area contributed by atoms with Gasteiger partial charge in [-0.2, -0.15) is 0 Å². The van der Waals surface area contributed by atoms with Gasteiger partial charge in [0.05, 0.1) is 13.0 Å². The van der Waals surface area contributed by atoms with Crippen LogP contribution < -0.4 is 9.64 Å². The van der Waals surface area contributed by atoms with Crippen LogP contribution in [0.5, 0.6) is 5.75 Å². The first-order valence-corrected chi connectivity index (χ1v) is 7.55. The Labute approximate surface area is 136 Å². The molecule has 1 aromatic carbocycles. The molecule has 0 N–H and O–H groups in total. The molecule has 0 radical (unpaired) electrons. The predicted molar refractivity (Wildman–Crippen MR) is 90.4 cm³/mol. The summed E-state index contributed by atoms with van der Waals surface area (Å²) in [6.07, 6.45) is 3.59. The number of amides is 2. The molecule has 1 saturated heterocycles. The van der Waals surface area contributed by atoms with E-state index in [9.17, 15) is 9.59 Å². The predicted octanol–water partition coefficient (Wildman–Crippen LogP) is 2.25. The van der Waals surface area contributed by atoms with Crippen LogP contribution >= 0.6 is 0 Å². The maximum Gasteiger partial charge on any atom is 0.228 e. The largest absolute Gasteiger partial charge is 0.497 e. The number of hydrogen-bond donors (Lipinski definition) is 0. The third-order valence-electron chi connectivity index (χ3n) is 3.87. The van der Waals surface area contributed by atoms with E-state index in [1.807, 2.05) is 12.1 Å². The molecule has 23 heavy (non-hydrogen) atoms. The maximum absolute atomic E-state index is 12.6. The molecule has 0 aromatic heterocycles. The highest BCUT2D eigenvalue weighted by atomic mass is 16.5. The van der Waals surface area contributed by atoms with Gasteiger partial charge in [0.15, 0.2) is 0 Å². The minimum Gasteiger partial charge on any atom is -0.497 e. The van der Waals surface area contributed by atoms with Crippen LogP contribution in [0.4, 0.5) is 5.69 Å². The number of carbonyl (C=O) groups excluding carboxylic acids is 2. The first-order valence-electron chi connectivity index (χ1n) is 7.55. The van der Waals surface area contributed by atoms with Crippen LogP contribution in [0.25, 0.3) is 0 Å². The number of carbonyl (C=O) groups is 2. The Kier molecular flexibility index (Phi) is 5.57. The van der Waals surface area contributed by atoms with Crippen molar-refractivity contribution in [2.24, 2.45) is 5.92 Å². The summed E-state index contributed by atoms with van der Waals surface area (Å²) in [5.41, 5.74) is 0.782. The van der Waals surface area contributed by atoms with Crippen molar-refractivity contribution in [3.8, 4) is 5.75 Å². The summed E-state index contributed by atoms with van der Waals surface area (Å²) in [7, 11) is 1.60. The van der Waals surface area contributed by atoms with Gasteiger partial charge in [-0.15, -0.1) is 13.2 Å². The number of benzene rings is 1. The summed E-state index contributed by atoms with van der Waals surface area (Å²) in [5, 5.41) is 0. The number of rotatable bonds is 7. The lowest BCUT2D eigenvalue weighted by molar-refractivity contribution is -0.134. The van der Waals surface area contributed by atoms with Gasteiger partial charge in [0, 0.05) is 31.7 Å². The van der Waals surface area contributed by atoms with Crippen LogP contribution in [0.2, 0.25) is 0 Å². The third-order valence-corrected chi connectivity index (χ3v) is 3.87. The SMILES string of the molecule is C=CCN(CC=C)C(=O)C1CC(=O)N(c2ccc(OC)cc2)C1. The van der Waals surface area contributed by atoms with Gasteiger partial charge in [-0.05, 0) is 24.3 Å². The van der Waals surface area contributed by atoms with Crippen LogP contribution in [-0.2, 0) is 9.59 Å². The molecular formula is C18H22N2O3. The number of nitrogens with zero attached hydrogens (tertiary/aromatic N) is 2. The number of ether oxygens (including phenoxy) is 1.